The van der Waals surface area contributed by atoms with Crippen LogP contribution in [0.15, 0.2) is 12.1 Å². The molecule has 1 unspecified atom stereocenters. The highest BCUT2D eigenvalue weighted by molar-refractivity contribution is 7.12. The zero-order valence-corrected chi connectivity index (χ0v) is 13.5. The van der Waals surface area contributed by atoms with Gasteiger partial charge >= 0.3 is 6.18 Å². The third kappa shape index (κ3) is 4.46. The minimum Gasteiger partial charge on any atom is -0.309 e. The molecule has 1 aliphatic rings. The highest BCUT2D eigenvalue weighted by Crippen LogP contribution is 2.44. The number of nitrogens with one attached hydrogen (secondary N) is 1. The van der Waals surface area contributed by atoms with E-state index in [-0.39, 0.29) is 18.9 Å². The van der Waals surface area contributed by atoms with Crippen LogP contribution >= 0.6 is 11.3 Å². The van der Waals surface area contributed by atoms with Gasteiger partial charge in [0.15, 0.2) is 0 Å². The molecule has 0 aromatic carbocycles. The fourth-order valence-corrected chi connectivity index (χ4v) is 4.25. The molecule has 21 heavy (non-hydrogen) atoms. The third-order valence-electron chi connectivity index (χ3n) is 4.39. The molecule has 120 valence electrons. The maximum atomic E-state index is 12.8. The van der Waals surface area contributed by atoms with Crippen molar-refractivity contribution >= 4 is 11.3 Å². The average Bonchev–Trinajstić information content (AvgIpc) is 2.85. The van der Waals surface area contributed by atoms with Gasteiger partial charge in [-0.2, -0.15) is 13.2 Å². The Kier molecular flexibility index (Phi) is 5.72. The fourth-order valence-electron chi connectivity index (χ4n) is 3.20. The van der Waals surface area contributed by atoms with E-state index in [4.69, 9.17) is 0 Å². The summed E-state index contributed by atoms with van der Waals surface area (Å²) in [6.07, 6.45) is -1.08. The Hall–Kier alpha value is -0.550. The van der Waals surface area contributed by atoms with Gasteiger partial charge in [-0.3, -0.25) is 0 Å². The zero-order valence-electron chi connectivity index (χ0n) is 12.7. The van der Waals surface area contributed by atoms with Gasteiger partial charge in [0.2, 0.25) is 0 Å². The number of thiophene rings is 1. The predicted molar refractivity (Wildman–Crippen MR) is 81.6 cm³/mol. The smallest absolute Gasteiger partial charge is 0.309 e. The van der Waals surface area contributed by atoms with Gasteiger partial charge in [-0.05, 0) is 63.6 Å². The lowest BCUT2D eigenvalue weighted by Crippen LogP contribution is -2.34. The summed E-state index contributed by atoms with van der Waals surface area (Å²) < 4.78 is 38.4. The Morgan fingerprint density at radius 1 is 1.24 bits per heavy atom. The number of alkyl halides is 3. The normalized spacial score (nSPS) is 25.0. The van der Waals surface area contributed by atoms with E-state index < -0.39 is 12.1 Å². The van der Waals surface area contributed by atoms with Crippen LogP contribution in [0.5, 0.6) is 0 Å². The second kappa shape index (κ2) is 7.14. The Morgan fingerprint density at radius 2 is 1.90 bits per heavy atom. The molecule has 1 aromatic heterocycles. The Labute approximate surface area is 128 Å². The zero-order chi connectivity index (χ0) is 15.5. The van der Waals surface area contributed by atoms with Gasteiger partial charge in [0.25, 0.3) is 0 Å². The van der Waals surface area contributed by atoms with E-state index in [0.717, 1.165) is 13.0 Å². The number of halogens is 3. The molecule has 5 heteroatoms. The van der Waals surface area contributed by atoms with Gasteiger partial charge in [-0.1, -0.05) is 6.92 Å². The van der Waals surface area contributed by atoms with E-state index in [1.54, 1.807) is 11.3 Å². The second-order valence-corrected chi connectivity index (χ2v) is 7.35. The standard InChI is InChI=1S/C16H24F3NS/c1-3-10-20-15(14-9-4-11(2)21-14)12-5-7-13(8-6-12)16(17,18)19/h4,9,12-13,15,20H,3,5-8,10H2,1-2H3. The van der Waals surface area contributed by atoms with E-state index in [0.29, 0.717) is 18.8 Å². The van der Waals surface area contributed by atoms with Crippen molar-refractivity contribution in [3.8, 4) is 0 Å². The Bertz CT molecular complexity index is 433. The van der Waals surface area contributed by atoms with E-state index in [2.05, 4.69) is 31.3 Å². The summed E-state index contributed by atoms with van der Waals surface area (Å²) in [7, 11) is 0. The topological polar surface area (TPSA) is 12.0 Å². The molecule has 1 aromatic rings. The van der Waals surface area contributed by atoms with Crippen molar-refractivity contribution in [2.24, 2.45) is 11.8 Å². The van der Waals surface area contributed by atoms with E-state index in [1.807, 2.05) is 0 Å². The van der Waals surface area contributed by atoms with Crippen LogP contribution in [0.2, 0.25) is 0 Å². The quantitative estimate of drug-likeness (QED) is 0.759. The minimum absolute atomic E-state index is 0.220. The van der Waals surface area contributed by atoms with Gasteiger partial charge in [-0.15, -0.1) is 11.3 Å². The first-order valence-electron chi connectivity index (χ1n) is 7.78. The molecule has 0 aliphatic heterocycles. The molecule has 0 radical (unpaired) electrons. The van der Waals surface area contributed by atoms with Crippen molar-refractivity contribution in [2.45, 2.75) is 58.2 Å². The van der Waals surface area contributed by atoms with Crippen LogP contribution in [0.4, 0.5) is 13.2 Å². The van der Waals surface area contributed by atoms with Gasteiger partial charge in [0.1, 0.15) is 0 Å². The molecule has 1 saturated carbocycles. The maximum absolute atomic E-state index is 12.8. The summed E-state index contributed by atoms with van der Waals surface area (Å²) in [6.45, 7) is 5.11. The number of rotatable bonds is 5. The highest BCUT2D eigenvalue weighted by atomic mass is 32.1. The molecule has 0 bridgehead atoms. The SMILES string of the molecule is CCCNC(c1ccc(C)s1)C1CCC(C(F)(F)F)CC1. The first-order valence-corrected chi connectivity index (χ1v) is 8.60. The van der Waals surface area contributed by atoms with Crippen LogP contribution in [-0.2, 0) is 0 Å². The highest BCUT2D eigenvalue weighted by Gasteiger charge is 2.42. The molecule has 0 spiro atoms. The van der Waals surface area contributed by atoms with Crippen molar-refractivity contribution in [1.29, 1.82) is 0 Å². The van der Waals surface area contributed by atoms with Crippen LogP contribution in [-0.4, -0.2) is 12.7 Å². The van der Waals surface area contributed by atoms with Gasteiger partial charge in [0, 0.05) is 15.8 Å². The lowest BCUT2D eigenvalue weighted by atomic mass is 9.78. The molecule has 1 heterocycles. The summed E-state index contributed by atoms with van der Waals surface area (Å²) in [5.41, 5.74) is 0. The van der Waals surface area contributed by atoms with Crippen LogP contribution < -0.4 is 5.32 Å². The maximum Gasteiger partial charge on any atom is 0.391 e. The number of hydrogen-bond acceptors (Lipinski definition) is 2. The van der Waals surface area contributed by atoms with E-state index >= 15 is 0 Å². The lowest BCUT2D eigenvalue weighted by molar-refractivity contribution is -0.184. The fraction of sp³-hybridized carbons (Fsp3) is 0.750. The molecule has 1 nitrogen and oxygen atoms in total. The summed E-state index contributed by atoms with van der Waals surface area (Å²) in [4.78, 5) is 2.54. The van der Waals surface area contributed by atoms with Crippen molar-refractivity contribution in [3.63, 3.8) is 0 Å². The Morgan fingerprint density at radius 3 is 2.38 bits per heavy atom. The summed E-state index contributed by atoms with van der Waals surface area (Å²) in [5.74, 6) is -0.765. The van der Waals surface area contributed by atoms with Crippen LogP contribution in [0.3, 0.4) is 0 Å². The van der Waals surface area contributed by atoms with E-state index in [9.17, 15) is 13.2 Å². The summed E-state index contributed by atoms with van der Waals surface area (Å²) in [6, 6.07) is 4.45. The molecule has 1 aliphatic carbocycles. The molecular formula is C16H24F3NS. The van der Waals surface area contributed by atoms with Crippen molar-refractivity contribution in [2.75, 3.05) is 6.54 Å². The summed E-state index contributed by atoms with van der Waals surface area (Å²) >= 11 is 1.76. The largest absolute Gasteiger partial charge is 0.391 e. The van der Waals surface area contributed by atoms with Crippen LogP contribution in [0.25, 0.3) is 0 Å². The molecule has 2 rings (SSSR count). The number of hydrogen-bond donors (Lipinski definition) is 1. The molecule has 0 amide bonds. The predicted octanol–water partition coefficient (Wildman–Crippen LogP) is 5.47. The minimum atomic E-state index is -4.02. The van der Waals surface area contributed by atoms with Crippen molar-refractivity contribution in [3.05, 3.63) is 21.9 Å². The van der Waals surface area contributed by atoms with Crippen molar-refractivity contribution in [1.82, 2.24) is 5.32 Å². The molecular weight excluding hydrogens is 295 g/mol. The molecule has 1 atom stereocenters. The second-order valence-electron chi connectivity index (χ2n) is 6.03. The number of aryl methyl sites for hydroxylation is 1. The molecule has 1 fully saturated rings. The van der Waals surface area contributed by atoms with Crippen LogP contribution in [0.1, 0.15) is 54.8 Å². The first kappa shape index (κ1) is 16.8. The van der Waals surface area contributed by atoms with Gasteiger partial charge < -0.3 is 5.32 Å². The summed E-state index contributed by atoms with van der Waals surface area (Å²) in [5, 5.41) is 3.55. The van der Waals surface area contributed by atoms with Gasteiger partial charge in [-0.25, -0.2) is 0 Å². The van der Waals surface area contributed by atoms with Crippen LogP contribution in [0, 0.1) is 18.8 Å². The first-order chi connectivity index (χ1) is 9.91. The molecule has 0 saturated heterocycles. The Balaban J connectivity index is 2.02. The van der Waals surface area contributed by atoms with Crippen molar-refractivity contribution < 1.29 is 13.2 Å². The molecule has 1 N–H and O–H groups in total. The van der Waals surface area contributed by atoms with E-state index in [1.165, 1.54) is 9.75 Å². The monoisotopic (exact) mass is 319 g/mol. The lowest BCUT2D eigenvalue weighted by Gasteiger charge is -2.34. The van der Waals surface area contributed by atoms with Gasteiger partial charge in [0.05, 0.1) is 5.92 Å². The third-order valence-corrected chi connectivity index (χ3v) is 5.47. The average molecular weight is 319 g/mol.